The number of aliphatic hydroxyl groups is 1. The Morgan fingerprint density at radius 3 is 2.53 bits per heavy atom. The molecule has 0 aliphatic rings. The molecule has 0 spiro atoms. The molecule has 82 valence electrons. The summed E-state index contributed by atoms with van der Waals surface area (Å²) in [6.45, 7) is 10.1. The largest absolute Gasteiger partial charge is 0.388 e. The van der Waals surface area contributed by atoms with Gasteiger partial charge in [-0.15, -0.1) is 0 Å². The average Bonchev–Trinajstić information content (AvgIpc) is 2.21. The number of hydrogen-bond acceptors (Lipinski definition) is 1. The molecule has 0 amide bonds. The van der Waals surface area contributed by atoms with Crippen LogP contribution in [0.1, 0.15) is 42.6 Å². The van der Waals surface area contributed by atoms with E-state index in [1.807, 2.05) is 6.07 Å². The Bertz CT molecular complexity index is 352. The molecule has 0 saturated heterocycles. The fourth-order valence-corrected chi connectivity index (χ4v) is 1.51. The highest BCUT2D eigenvalue weighted by molar-refractivity contribution is 5.31. The van der Waals surface area contributed by atoms with Gasteiger partial charge < -0.3 is 5.11 Å². The second-order valence-electron chi connectivity index (χ2n) is 4.17. The van der Waals surface area contributed by atoms with Crippen LogP contribution in [-0.4, -0.2) is 5.11 Å². The minimum Gasteiger partial charge on any atom is -0.388 e. The van der Waals surface area contributed by atoms with Crippen LogP contribution in [0.2, 0.25) is 0 Å². The Balaban J connectivity index is 2.78. The maximum atomic E-state index is 9.98. The minimum atomic E-state index is -0.406. The quantitative estimate of drug-likeness (QED) is 0.741. The zero-order valence-corrected chi connectivity index (χ0v) is 9.88. The highest BCUT2D eigenvalue weighted by Gasteiger charge is 2.09. The van der Waals surface area contributed by atoms with Gasteiger partial charge in [-0.25, -0.2) is 0 Å². The number of aliphatic hydroxyl groups excluding tert-OH is 1. The topological polar surface area (TPSA) is 20.2 Å². The summed E-state index contributed by atoms with van der Waals surface area (Å²) in [4.78, 5) is 0. The Labute approximate surface area is 92.5 Å². The summed E-state index contributed by atoms with van der Waals surface area (Å²) in [6, 6.07) is 6.11. The molecule has 1 nitrogen and oxygen atoms in total. The lowest BCUT2D eigenvalue weighted by molar-refractivity contribution is 0.177. The lowest BCUT2D eigenvalue weighted by atomic mass is 9.98. The van der Waals surface area contributed by atoms with Crippen LogP contribution in [0.25, 0.3) is 0 Å². The second kappa shape index (κ2) is 5.13. The summed E-state index contributed by atoms with van der Waals surface area (Å²) in [5.41, 5.74) is 4.59. The first-order chi connectivity index (χ1) is 7.04. The van der Waals surface area contributed by atoms with E-state index in [4.69, 9.17) is 0 Å². The molecule has 0 aliphatic carbocycles. The van der Waals surface area contributed by atoms with Crippen LogP contribution in [0.15, 0.2) is 30.4 Å². The Kier molecular flexibility index (Phi) is 4.10. The SMILES string of the molecule is C=C(CC)CC(O)c1ccc(C)c(C)c1. The summed E-state index contributed by atoms with van der Waals surface area (Å²) < 4.78 is 0. The smallest absolute Gasteiger partial charge is 0.0827 e. The van der Waals surface area contributed by atoms with Gasteiger partial charge >= 0.3 is 0 Å². The molecular weight excluding hydrogens is 184 g/mol. The first-order valence-electron chi connectivity index (χ1n) is 5.46. The van der Waals surface area contributed by atoms with Crippen LogP contribution < -0.4 is 0 Å². The molecule has 15 heavy (non-hydrogen) atoms. The van der Waals surface area contributed by atoms with Crippen LogP contribution in [0.3, 0.4) is 0 Å². The molecule has 1 aromatic rings. The van der Waals surface area contributed by atoms with E-state index >= 15 is 0 Å². The van der Waals surface area contributed by atoms with Crippen molar-refractivity contribution in [3.05, 3.63) is 47.0 Å². The van der Waals surface area contributed by atoms with Gasteiger partial charge in [0.15, 0.2) is 0 Å². The van der Waals surface area contributed by atoms with Crippen molar-refractivity contribution in [2.45, 2.75) is 39.7 Å². The molecule has 0 fully saturated rings. The van der Waals surface area contributed by atoms with Crippen LogP contribution in [0.4, 0.5) is 0 Å². The molecule has 0 radical (unpaired) electrons. The molecule has 1 aromatic carbocycles. The highest BCUT2D eigenvalue weighted by atomic mass is 16.3. The first kappa shape index (κ1) is 12.0. The Morgan fingerprint density at radius 1 is 1.33 bits per heavy atom. The molecule has 1 heteroatoms. The van der Waals surface area contributed by atoms with Gasteiger partial charge in [0.05, 0.1) is 6.10 Å². The summed E-state index contributed by atoms with van der Waals surface area (Å²) in [7, 11) is 0. The van der Waals surface area contributed by atoms with Crippen molar-refractivity contribution in [2.24, 2.45) is 0 Å². The van der Waals surface area contributed by atoms with Gasteiger partial charge in [0.25, 0.3) is 0 Å². The van der Waals surface area contributed by atoms with E-state index in [9.17, 15) is 5.11 Å². The molecule has 0 aromatic heterocycles. The summed E-state index contributed by atoms with van der Waals surface area (Å²) >= 11 is 0. The first-order valence-corrected chi connectivity index (χ1v) is 5.46. The predicted octanol–water partition coefficient (Wildman–Crippen LogP) is 3.69. The fourth-order valence-electron chi connectivity index (χ4n) is 1.51. The van der Waals surface area contributed by atoms with Crippen molar-refractivity contribution in [3.63, 3.8) is 0 Å². The number of aryl methyl sites for hydroxylation is 2. The van der Waals surface area contributed by atoms with Crippen molar-refractivity contribution >= 4 is 0 Å². The third kappa shape index (κ3) is 3.21. The van der Waals surface area contributed by atoms with Gasteiger partial charge in [-0.2, -0.15) is 0 Å². The van der Waals surface area contributed by atoms with E-state index in [0.29, 0.717) is 6.42 Å². The molecule has 0 saturated carbocycles. The van der Waals surface area contributed by atoms with Crippen molar-refractivity contribution in [3.8, 4) is 0 Å². The molecule has 1 atom stereocenters. The van der Waals surface area contributed by atoms with E-state index in [0.717, 1.165) is 17.6 Å². The normalized spacial score (nSPS) is 12.5. The van der Waals surface area contributed by atoms with Gasteiger partial charge in [0, 0.05) is 0 Å². The number of benzene rings is 1. The highest BCUT2D eigenvalue weighted by Crippen LogP contribution is 2.23. The van der Waals surface area contributed by atoms with E-state index in [-0.39, 0.29) is 0 Å². The third-order valence-electron chi connectivity index (χ3n) is 2.90. The molecule has 1 unspecified atom stereocenters. The predicted molar refractivity (Wildman–Crippen MR) is 64.9 cm³/mol. The van der Waals surface area contributed by atoms with Gasteiger partial charge in [-0.05, 0) is 43.4 Å². The lowest BCUT2D eigenvalue weighted by Crippen LogP contribution is -1.99. The molecular formula is C14H20O. The van der Waals surface area contributed by atoms with Gasteiger partial charge in [-0.1, -0.05) is 37.3 Å². The zero-order valence-electron chi connectivity index (χ0n) is 9.88. The molecule has 0 aliphatic heterocycles. The van der Waals surface area contributed by atoms with E-state index in [1.54, 1.807) is 0 Å². The van der Waals surface area contributed by atoms with Crippen LogP contribution >= 0.6 is 0 Å². The van der Waals surface area contributed by atoms with Crippen LogP contribution in [0.5, 0.6) is 0 Å². The summed E-state index contributed by atoms with van der Waals surface area (Å²) in [5, 5.41) is 9.98. The van der Waals surface area contributed by atoms with Gasteiger partial charge in [0.1, 0.15) is 0 Å². The molecule has 0 heterocycles. The van der Waals surface area contributed by atoms with Crippen molar-refractivity contribution in [1.29, 1.82) is 0 Å². The van der Waals surface area contributed by atoms with Crippen molar-refractivity contribution in [1.82, 2.24) is 0 Å². The minimum absolute atomic E-state index is 0.406. The standard InChI is InChI=1S/C14H20O/c1-5-10(2)8-14(15)13-7-6-11(3)12(4)9-13/h6-7,9,14-15H,2,5,8H2,1,3-4H3. The third-order valence-corrected chi connectivity index (χ3v) is 2.90. The van der Waals surface area contributed by atoms with Crippen molar-refractivity contribution in [2.75, 3.05) is 0 Å². The number of hydrogen-bond donors (Lipinski definition) is 1. The monoisotopic (exact) mass is 204 g/mol. The summed E-state index contributed by atoms with van der Waals surface area (Å²) in [5.74, 6) is 0. The molecule has 0 bridgehead atoms. The van der Waals surface area contributed by atoms with Gasteiger partial charge in [-0.3, -0.25) is 0 Å². The lowest BCUT2D eigenvalue weighted by Gasteiger charge is -2.13. The van der Waals surface area contributed by atoms with E-state index in [1.165, 1.54) is 11.1 Å². The maximum Gasteiger partial charge on any atom is 0.0827 e. The Hall–Kier alpha value is -1.08. The maximum absolute atomic E-state index is 9.98. The number of rotatable bonds is 4. The fraction of sp³-hybridized carbons (Fsp3) is 0.429. The van der Waals surface area contributed by atoms with Crippen LogP contribution in [-0.2, 0) is 0 Å². The Morgan fingerprint density at radius 2 is 2.00 bits per heavy atom. The summed E-state index contributed by atoms with van der Waals surface area (Å²) in [6.07, 6.45) is 1.19. The van der Waals surface area contributed by atoms with Gasteiger partial charge in [0.2, 0.25) is 0 Å². The van der Waals surface area contributed by atoms with E-state index in [2.05, 4.69) is 39.5 Å². The second-order valence-corrected chi connectivity index (χ2v) is 4.17. The van der Waals surface area contributed by atoms with Crippen molar-refractivity contribution < 1.29 is 5.11 Å². The van der Waals surface area contributed by atoms with Crippen LogP contribution in [0, 0.1) is 13.8 Å². The zero-order chi connectivity index (χ0) is 11.4. The average molecular weight is 204 g/mol. The van der Waals surface area contributed by atoms with E-state index < -0.39 is 6.10 Å². The molecule has 1 N–H and O–H groups in total. The molecule has 1 rings (SSSR count).